The lowest BCUT2D eigenvalue weighted by Gasteiger charge is -2.61. The van der Waals surface area contributed by atoms with Gasteiger partial charge in [0, 0.05) is 49.5 Å². The topological polar surface area (TPSA) is 96.7 Å². The quantitative estimate of drug-likeness (QED) is 0.175. The lowest BCUT2D eigenvalue weighted by molar-refractivity contribution is -0.108. The number of aromatic nitrogens is 3. The van der Waals surface area contributed by atoms with Gasteiger partial charge in [0.2, 0.25) is 0 Å². The monoisotopic (exact) mass is 675 g/mol. The van der Waals surface area contributed by atoms with Gasteiger partial charge in [0.15, 0.2) is 16.8 Å². The van der Waals surface area contributed by atoms with Crippen molar-refractivity contribution in [3.63, 3.8) is 0 Å². The Bertz CT molecular complexity index is 1880. The summed E-state index contributed by atoms with van der Waals surface area (Å²) < 4.78 is 35.3. The van der Waals surface area contributed by atoms with E-state index in [1.165, 1.54) is 30.9 Å². The van der Waals surface area contributed by atoms with Crippen LogP contribution in [-0.4, -0.2) is 70.9 Å². The van der Waals surface area contributed by atoms with E-state index in [2.05, 4.69) is 41.3 Å². The maximum Gasteiger partial charge on any atom is 0.261 e. The zero-order chi connectivity index (χ0) is 33.6. The summed E-state index contributed by atoms with van der Waals surface area (Å²) in [7, 11) is 1.50. The second-order valence-corrected chi connectivity index (χ2v) is 14.9. The Kier molecular flexibility index (Phi) is 8.97. The molecule has 9 nitrogen and oxygen atoms in total. The summed E-state index contributed by atoms with van der Waals surface area (Å²) >= 11 is 1.39. The Labute approximate surface area is 283 Å². The number of benzene rings is 2. The number of aryl methyl sites for hydroxylation is 1. The molecule has 12 heteroatoms. The van der Waals surface area contributed by atoms with E-state index < -0.39 is 6.67 Å². The van der Waals surface area contributed by atoms with E-state index in [1.54, 1.807) is 29.0 Å². The summed E-state index contributed by atoms with van der Waals surface area (Å²) in [5, 5.41) is 9.73. The molecule has 3 heterocycles. The van der Waals surface area contributed by atoms with Gasteiger partial charge in [0.25, 0.3) is 5.56 Å². The number of nitrogens with zero attached hydrogens (tertiary/aromatic N) is 5. The van der Waals surface area contributed by atoms with E-state index in [1.807, 2.05) is 17.5 Å². The van der Waals surface area contributed by atoms with Crippen LogP contribution in [0, 0.1) is 29.0 Å². The number of thiazole rings is 1. The van der Waals surface area contributed by atoms with Crippen molar-refractivity contribution in [2.24, 2.45) is 28.2 Å². The van der Waals surface area contributed by atoms with Crippen molar-refractivity contribution in [2.45, 2.75) is 58.7 Å². The molecule has 8 rings (SSSR count). The first-order chi connectivity index (χ1) is 23.2. The Balaban J connectivity index is 1.22. The van der Waals surface area contributed by atoms with Crippen molar-refractivity contribution in [3.05, 3.63) is 69.7 Å². The van der Waals surface area contributed by atoms with Gasteiger partial charge in [-0.3, -0.25) is 9.36 Å². The van der Waals surface area contributed by atoms with E-state index in [9.17, 15) is 13.6 Å². The van der Waals surface area contributed by atoms with E-state index in [0.29, 0.717) is 82.3 Å². The molecule has 2 aromatic heterocycles. The Morgan fingerprint density at radius 3 is 2.79 bits per heavy atom. The van der Waals surface area contributed by atoms with E-state index in [-0.39, 0.29) is 30.0 Å². The third-order valence-corrected chi connectivity index (χ3v) is 11.8. The number of guanidine groups is 1. The fourth-order valence-corrected chi connectivity index (χ4v) is 8.62. The molecule has 0 radical (unpaired) electrons. The summed E-state index contributed by atoms with van der Waals surface area (Å²) in [4.78, 5) is 30.9. The molecule has 0 amide bonds. The third kappa shape index (κ3) is 6.09. The predicted molar refractivity (Wildman–Crippen MR) is 187 cm³/mol. The zero-order valence-corrected chi connectivity index (χ0v) is 28.7. The van der Waals surface area contributed by atoms with Crippen LogP contribution in [0.15, 0.2) is 57.8 Å². The van der Waals surface area contributed by atoms with Crippen molar-refractivity contribution in [3.8, 4) is 16.6 Å². The number of hydrogen-bond donors (Lipinski definition) is 2. The largest absolute Gasteiger partial charge is 0.497 e. The summed E-state index contributed by atoms with van der Waals surface area (Å²) in [6.07, 6.45) is 4.29. The van der Waals surface area contributed by atoms with Crippen LogP contribution in [0.25, 0.3) is 21.7 Å². The van der Waals surface area contributed by atoms with Crippen molar-refractivity contribution < 1.29 is 13.5 Å². The molecule has 1 aliphatic heterocycles. The van der Waals surface area contributed by atoms with Gasteiger partial charge >= 0.3 is 0 Å². The first kappa shape index (κ1) is 32.6. The Hall–Kier alpha value is -3.90. The standard InChI is InChI=1S/C36H43F2N7O2S/c1-21-28-15-23(36(28,2)3)16-30(21)43-35(44-13-10-39-25(19-37)20-44)41-24-6-8-27-31(17-24)42-32(33-40-11-14-48-33)45(34(27)46)12-9-22-5-7-26(47-4)18-29(22)38/h5-8,11,14,17-18,21,23,25,28,30,39H,9-10,12-13,15-16,19-20H2,1-4H3,(H,41,43)/t21-,23-,25-,28+,30?/m0/s1. The molecule has 48 heavy (non-hydrogen) atoms. The summed E-state index contributed by atoms with van der Waals surface area (Å²) in [5.41, 5.74) is 1.89. The van der Waals surface area contributed by atoms with Gasteiger partial charge in [0.1, 0.15) is 18.2 Å². The lowest BCUT2D eigenvalue weighted by Crippen LogP contribution is -2.58. The number of rotatable bonds is 8. The minimum Gasteiger partial charge on any atom is -0.497 e. The van der Waals surface area contributed by atoms with Gasteiger partial charge in [0.05, 0.1) is 30.1 Å². The maximum absolute atomic E-state index is 14.8. The second-order valence-electron chi connectivity index (χ2n) is 14.0. The number of alkyl halides is 1. The van der Waals surface area contributed by atoms with Gasteiger partial charge in [-0.15, -0.1) is 11.3 Å². The van der Waals surface area contributed by atoms with Crippen LogP contribution in [0.4, 0.5) is 14.5 Å². The molecule has 2 N–H and O–H groups in total. The van der Waals surface area contributed by atoms with Gasteiger partial charge < -0.3 is 20.3 Å². The summed E-state index contributed by atoms with van der Waals surface area (Å²) in [6.45, 7) is 8.78. The van der Waals surface area contributed by atoms with Gasteiger partial charge in [-0.25, -0.2) is 23.7 Å². The normalized spacial score (nSPS) is 25.2. The van der Waals surface area contributed by atoms with Crippen molar-refractivity contribution >= 4 is 33.9 Å². The fourth-order valence-electron chi connectivity index (χ4n) is 7.99. The molecule has 1 saturated heterocycles. The Morgan fingerprint density at radius 1 is 1.23 bits per heavy atom. The highest BCUT2D eigenvalue weighted by Crippen LogP contribution is 2.61. The zero-order valence-electron chi connectivity index (χ0n) is 27.9. The van der Waals surface area contributed by atoms with Crippen molar-refractivity contribution in [1.82, 2.24) is 24.8 Å². The van der Waals surface area contributed by atoms with Gasteiger partial charge in [-0.05, 0) is 72.3 Å². The predicted octanol–water partition coefficient (Wildman–Crippen LogP) is 5.99. The van der Waals surface area contributed by atoms with Crippen LogP contribution in [-0.2, 0) is 13.0 Å². The lowest BCUT2D eigenvalue weighted by atomic mass is 9.45. The molecule has 1 unspecified atom stereocenters. The number of nitrogens with one attached hydrogen (secondary N) is 2. The van der Waals surface area contributed by atoms with E-state index >= 15 is 0 Å². The van der Waals surface area contributed by atoms with Gasteiger partial charge in [-0.1, -0.05) is 26.8 Å². The molecule has 4 aromatic rings. The van der Waals surface area contributed by atoms with Crippen molar-refractivity contribution in [2.75, 3.05) is 38.7 Å². The number of halogens is 2. The second kappa shape index (κ2) is 13.2. The number of ether oxygens (including phenoxy) is 1. The third-order valence-electron chi connectivity index (χ3n) is 11.0. The molecular weight excluding hydrogens is 633 g/mol. The first-order valence-corrected chi connectivity index (χ1v) is 17.7. The smallest absolute Gasteiger partial charge is 0.261 e. The number of hydrogen-bond acceptors (Lipinski definition) is 7. The van der Waals surface area contributed by atoms with E-state index in [4.69, 9.17) is 14.7 Å². The van der Waals surface area contributed by atoms with E-state index in [0.717, 1.165) is 18.1 Å². The van der Waals surface area contributed by atoms with Crippen LogP contribution >= 0.6 is 11.3 Å². The molecule has 4 fully saturated rings. The number of anilines is 1. The highest BCUT2D eigenvalue weighted by Gasteiger charge is 2.56. The minimum absolute atomic E-state index is 0.181. The number of piperazine rings is 1. The highest BCUT2D eigenvalue weighted by atomic mass is 32.1. The fraction of sp³-hybridized carbons (Fsp3) is 0.500. The average molecular weight is 676 g/mol. The van der Waals surface area contributed by atoms with Crippen LogP contribution in [0.3, 0.4) is 0 Å². The van der Waals surface area contributed by atoms with Crippen molar-refractivity contribution in [1.29, 1.82) is 0 Å². The molecule has 3 aliphatic carbocycles. The average Bonchev–Trinajstić information content (AvgIpc) is 3.63. The molecule has 4 aliphatic rings. The molecular formula is C36H43F2N7O2S. The molecule has 2 aromatic carbocycles. The number of fused-ring (bicyclic) bond motifs is 3. The molecule has 5 atom stereocenters. The highest BCUT2D eigenvalue weighted by molar-refractivity contribution is 7.13. The number of aliphatic imine (C=N–C) groups is 1. The molecule has 3 saturated carbocycles. The first-order valence-electron chi connectivity index (χ1n) is 16.8. The molecule has 0 spiro atoms. The maximum atomic E-state index is 14.8. The van der Waals surface area contributed by atoms with Crippen LogP contribution in [0.2, 0.25) is 0 Å². The number of methoxy groups -OCH3 is 1. The Morgan fingerprint density at radius 2 is 2.08 bits per heavy atom. The molecule has 254 valence electrons. The summed E-state index contributed by atoms with van der Waals surface area (Å²) in [6, 6.07) is 10.2. The van der Waals surface area contributed by atoms with Crippen LogP contribution < -0.4 is 20.9 Å². The SMILES string of the molecule is COc1ccc(CCn2c(-c3nccs3)nc3cc(NC(=NC4C[C@@H]5C[C@H]([C@@H]4C)C5(C)C)N4CCN[C@@H](CF)C4)ccc3c2=O)c(F)c1. The minimum atomic E-state index is -0.446. The van der Waals surface area contributed by atoms with Crippen LogP contribution in [0.1, 0.15) is 39.2 Å². The van der Waals surface area contributed by atoms with Crippen LogP contribution in [0.5, 0.6) is 5.75 Å². The molecule has 2 bridgehead atoms. The summed E-state index contributed by atoms with van der Waals surface area (Å²) in [5.74, 6) is 2.98. The van der Waals surface area contributed by atoms with Gasteiger partial charge in [-0.2, -0.15) is 0 Å².